The van der Waals surface area contributed by atoms with Gasteiger partial charge >= 0.3 is 6.18 Å². The highest BCUT2D eigenvalue weighted by molar-refractivity contribution is 7.94. The van der Waals surface area contributed by atoms with E-state index in [1.165, 1.54) is 12.1 Å². The first-order chi connectivity index (χ1) is 6.89. The molecule has 0 aliphatic rings. The lowest BCUT2D eigenvalue weighted by Gasteiger charge is -2.08. The third-order valence-corrected chi connectivity index (χ3v) is 2.46. The lowest BCUT2D eigenvalue weighted by Crippen LogP contribution is -2.04. The summed E-state index contributed by atoms with van der Waals surface area (Å²) >= 11 is 1.08. The van der Waals surface area contributed by atoms with Crippen molar-refractivity contribution in [3.63, 3.8) is 0 Å². The zero-order valence-electron chi connectivity index (χ0n) is 8.34. The average molecular weight is 236 g/mol. The molecule has 0 amide bonds. The molecule has 0 aliphatic heterocycles. The maximum atomic E-state index is 12.2. The lowest BCUT2D eigenvalue weighted by molar-refractivity contribution is -0.137. The minimum atomic E-state index is -4.28. The number of benzene rings is 1. The molecule has 0 saturated carbocycles. The van der Waals surface area contributed by atoms with Crippen molar-refractivity contribution in [3.8, 4) is 0 Å². The number of rotatable bonds is 3. The standard InChI is InChI=1S/C10H11F3OS/c1-7(2)14-15-9-5-3-8(4-6-9)10(11,12)13/h3-7H,1-2H3. The van der Waals surface area contributed by atoms with E-state index in [-0.39, 0.29) is 6.10 Å². The first-order valence-electron chi connectivity index (χ1n) is 4.40. The molecule has 5 heteroatoms. The molecule has 0 bridgehead atoms. The molecule has 84 valence electrons. The summed E-state index contributed by atoms with van der Waals surface area (Å²) in [5, 5.41) is 0. The van der Waals surface area contributed by atoms with Crippen LogP contribution in [-0.4, -0.2) is 6.10 Å². The van der Waals surface area contributed by atoms with Crippen LogP contribution in [0.3, 0.4) is 0 Å². The van der Waals surface area contributed by atoms with Gasteiger partial charge in [-0.05, 0) is 38.1 Å². The van der Waals surface area contributed by atoms with Crippen molar-refractivity contribution >= 4 is 12.0 Å². The molecule has 0 N–H and O–H groups in total. The van der Waals surface area contributed by atoms with Crippen LogP contribution < -0.4 is 0 Å². The van der Waals surface area contributed by atoms with Gasteiger partial charge in [-0.25, -0.2) is 0 Å². The van der Waals surface area contributed by atoms with Crippen LogP contribution in [0.4, 0.5) is 13.2 Å². The van der Waals surface area contributed by atoms with Crippen molar-refractivity contribution in [1.82, 2.24) is 0 Å². The van der Waals surface area contributed by atoms with E-state index in [2.05, 4.69) is 0 Å². The molecule has 0 fully saturated rings. The summed E-state index contributed by atoms with van der Waals surface area (Å²) in [5.74, 6) is 0. The van der Waals surface area contributed by atoms with E-state index in [1.807, 2.05) is 13.8 Å². The summed E-state index contributed by atoms with van der Waals surface area (Å²) in [5.41, 5.74) is -0.642. The summed E-state index contributed by atoms with van der Waals surface area (Å²) in [7, 11) is 0. The van der Waals surface area contributed by atoms with E-state index >= 15 is 0 Å². The Labute approximate surface area is 90.8 Å². The molecule has 1 aromatic carbocycles. The smallest absolute Gasteiger partial charge is 0.308 e. The van der Waals surface area contributed by atoms with Crippen LogP contribution >= 0.6 is 12.0 Å². The third kappa shape index (κ3) is 4.13. The molecular weight excluding hydrogens is 225 g/mol. The zero-order chi connectivity index (χ0) is 11.5. The van der Waals surface area contributed by atoms with Crippen molar-refractivity contribution in [3.05, 3.63) is 29.8 Å². The van der Waals surface area contributed by atoms with Gasteiger partial charge < -0.3 is 4.18 Å². The van der Waals surface area contributed by atoms with Gasteiger partial charge in [0.1, 0.15) is 0 Å². The summed E-state index contributed by atoms with van der Waals surface area (Å²) in [6.45, 7) is 3.72. The number of alkyl halides is 3. The highest BCUT2D eigenvalue weighted by Crippen LogP contribution is 2.31. The lowest BCUT2D eigenvalue weighted by atomic mass is 10.2. The van der Waals surface area contributed by atoms with Crippen molar-refractivity contribution in [2.75, 3.05) is 0 Å². The van der Waals surface area contributed by atoms with E-state index < -0.39 is 11.7 Å². The van der Waals surface area contributed by atoms with Crippen LogP contribution in [0.15, 0.2) is 29.2 Å². The Bertz CT molecular complexity index is 305. The summed E-state index contributed by atoms with van der Waals surface area (Å²) in [6, 6.07) is 4.89. The van der Waals surface area contributed by atoms with Crippen LogP contribution in [0.2, 0.25) is 0 Å². The van der Waals surface area contributed by atoms with E-state index in [4.69, 9.17) is 4.18 Å². The third-order valence-electron chi connectivity index (χ3n) is 1.52. The van der Waals surface area contributed by atoms with Crippen LogP contribution in [-0.2, 0) is 10.4 Å². The summed E-state index contributed by atoms with van der Waals surface area (Å²) < 4.78 is 41.8. The number of halogens is 3. The molecule has 0 aromatic heterocycles. The predicted octanol–water partition coefficient (Wildman–Crippen LogP) is 4.14. The predicted molar refractivity (Wildman–Crippen MR) is 53.5 cm³/mol. The van der Waals surface area contributed by atoms with Crippen LogP contribution in [0.25, 0.3) is 0 Å². The second kappa shape index (κ2) is 4.90. The first kappa shape index (κ1) is 12.4. The van der Waals surface area contributed by atoms with Gasteiger partial charge in [0.15, 0.2) is 0 Å². The van der Waals surface area contributed by atoms with Gasteiger partial charge in [0, 0.05) is 16.9 Å². The van der Waals surface area contributed by atoms with Crippen molar-refractivity contribution in [2.45, 2.75) is 31.0 Å². The van der Waals surface area contributed by atoms with E-state index in [1.54, 1.807) is 0 Å². The van der Waals surface area contributed by atoms with Crippen LogP contribution in [0.1, 0.15) is 19.4 Å². The Kier molecular flexibility index (Phi) is 4.04. The minimum Gasteiger partial charge on any atom is -0.308 e. The highest BCUT2D eigenvalue weighted by atomic mass is 32.2. The van der Waals surface area contributed by atoms with Gasteiger partial charge in [0.05, 0.1) is 11.7 Å². The minimum absolute atomic E-state index is 0.0392. The highest BCUT2D eigenvalue weighted by Gasteiger charge is 2.29. The van der Waals surface area contributed by atoms with Crippen molar-refractivity contribution in [1.29, 1.82) is 0 Å². The topological polar surface area (TPSA) is 9.23 Å². The molecule has 0 unspecified atom stereocenters. The SMILES string of the molecule is CC(C)OSc1ccc(C(F)(F)F)cc1. The molecule has 0 spiro atoms. The quantitative estimate of drug-likeness (QED) is 0.729. The number of hydrogen-bond acceptors (Lipinski definition) is 2. The molecule has 0 heterocycles. The average Bonchev–Trinajstić information content (AvgIpc) is 2.14. The van der Waals surface area contributed by atoms with Gasteiger partial charge in [0.2, 0.25) is 0 Å². The molecule has 0 radical (unpaired) electrons. The van der Waals surface area contributed by atoms with Crippen LogP contribution in [0, 0.1) is 0 Å². The van der Waals surface area contributed by atoms with Crippen LogP contribution in [0.5, 0.6) is 0 Å². The van der Waals surface area contributed by atoms with E-state index in [9.17, 15) is 13.2 Å². The fourth-order valence-corrected chi connectivity index (χ4v) is 1.40. The van der Waals surface area contributed by atoms with Crippen molar-refractivity contribution in [2.24, 2.45) is 0 Å². The maximum absolute atomic E-state index is 12.2. The van der Waals surface area contributed by atoms with Crippen molar-refractivity contribution < 1.29 is 17.4 Å². The van der Waals surface area contributed by atoms with Gasteiger partial charge in [-0.3, -0.25) is 0 Å². The molecule has 15 heavy (non-hydrogen) atoms. The van der Waals surface area contributed by atoms with Gasteiger partial charge in [-0.2, -0.15) is 13.2 Å². The van der Waals surface area contributed by atoms with E-state index in [0.717, 1.165) is 24.2 Å². The molecule has 1 nitrogen and oxygen atoms in total. The normalized spacial score (nSPS) is 12.1. The maximum Gasteiger partial charge on any atom is 0.416 e. The Hall–Kier alpha value is -0.680. The Morgan fingerprint density at radius 3 is 2.07 bits per heavy atom. The monoisotopic (exact) mass is 236 g/mol. The molecule has 1 rings (SSSR count). The molecule has 1 aromatic rings. The molecule has 0 saturated heterocycles. The second-order valence-corrected chi connectivity index (χ2v) is 4.08. The fourth-order valence-electron chi connectivity index (χ4n) is 0.851. The fraction of sp³-hybridized carbons (Fsp3) is 0.400. The number of hydrogen-bond donors (Lipinski definition) is 0. The molecule has 0 atom stereocenters. The summed E-state index contributed by atoms with van der Waals surface area (Å²) in [4.78, 5) is 0.664. The van der Waals surface area contributed by atoms with E-state index in [0.29, 0.717) is 4.90 Å². The van der Waals surface area contributed by atoms with Gasteiger partial charge in [-0.15, -0.1) is 0 Å². The Balaban J connectivity index is 2.65. The largest absolute Gasteiger partial charge is 0.416 e. The second-order valence-electron chi connectivity index (χ2n) is 3.25. The Morgan fingerprint density at radius 1 is 1.13 bits per heavy atom. The van der Waals surface area contributed by atoms with Gasteiger partial charge in [0.25, 0.3) is 0 Å². The van der Waals surface area contributed by atoms with Gasteiger partial charge in [-0.1, -0.05) is 0 Å². The summed E-state index contributed by atoms with van der Waals surface area (Å²) in [6.07, 6.45) is -4.24. The zero-order valence-corrected chi connectivity index (χ0v) is 9.15. The molecular formula is C10H11F3OS. The first-order valence-corrected chi connectivity index (χ1v) is 5.14. The Morgan fingerprint density at radius 2 is 1.67 bits per heavy atom. The molecule has 0 aliphatic carbocycles.